The van der Waals surface area contributed by atoms with Gasteiger partial charge in [0.15, 0.2) is 5.82 Å². The third kappa shape index (κ3) is 3.55. The van der Waals surface area contributed by atoms with Gasteiger partial charge >= 0.3 is 0 Å². The minimum absolute atomic E-state index is 0.0894. The number of hydrogen-bond donors (Lipinski definition) is 0. The third-order valence-electron chi connectivity index (χ3n) is 5.77. The molecule has 6 heteroatoms. The molecule has 0 bridgehead atoms. The molecule has 1 spiro atoms. The average Bonchev–Trinajstić information content (AvgIpc) is 3.38. The van der Waals surface area contributed by atoms with Crippen LogP contribution in [0.25, 0.3) is 0 Å². The normalized spacial score (nSPS) is 29.3. The smallest absolute Gasteiger partial charge is 0.257 e. The van der Waals surface area contributed by atoms with Crippen LogP contribution in [0.2, 0.25) is 0 Å². The minimum atomic E-state index is -0.566. The van der Waals surface area contributed by atoms with E-state index in [9.17, 15) is 9.18 Å². The van der Waals surface area contributed by atoms with Gasteiger partial charge in [-0.15, -0.1) is 0 Å². The maximum absolute atomic E-state index is 13.9. The van der Waals surface area contributed by atoms with E-state index < -0.39 is 5.82 Å². The Morgan fingerprint density at radius 1 is 1.40 bits per heavy atom. The highest BCUT2D eigenvalue weighted by molar-refractivity contribution is 5.94. The molecule has 1 aromatic heterocycles. The van der Waals surface area contributed by atoms with Crippen molar-refractivity contribution in [3.63, 3.8) is 0 Å². The topological polar surface area (TPSA) is 51.7 Å². The number of carbonyl (C=O) groups excluding carboxylic acids is 1. The lowest BCUT2D eigenvalue weighted by molar-refractivity contribution is -0.133. The van der Waals surface area contributed by atoms with Crippen LogP contribution in [0.15, 0.2) is 18.5 Å². The Morgan fingerprint density at radius 2 is 2.28 bits per heavy atom. The Morgan fingerprint density at radius 3 is 3.08 bits per heavy atom. The van der Waals surface area contributed by atoms with Crippen molar-refractivity contribution in [2.24, 2.45) is 11.8 Å². The van der Waals surface area contributed by atoms with Gasteiger partial charge in [0, 0.05) is 25.3 Å². The van der Waals surface area contributed by atoms with Crippen molar-refractivity contribution in [3.05, 3.63) is 29.8 Å². The molecule has 25 heavy (non-hydrogen) atoms. The molecule has 4 rings (SSSR count). The standard InChI is InChI=1S/C19H25FN2O3/c20-17-10-21-7-5-16(17)18(23)22-8-9-25-19(13-22)6-1-2-15(19)12-24-11-14-3-4-14/h5,7,10,14-15H,1-4,6,8-9,11-13H2/t15-,19-/m1/s1. The zero-order valence-electron chi connectivity index (χ0n) is 14.5. The summed E-state index contributed by atoms with van der Waals surface area (Å²) >= 11 is 0. The second-order valence-corrected chi connectivity index (χ2v) is 7.57. The molecule has 0 unspecified atom stereocenters. The fourth-order valence-electron chi connectivity index (χ4n) is 4.11. The number of rotatable bonds is 5. The summed E-state index contributed by atoms with van der Waals surface area (Å²) in [5.41, 5.74) is -0.243. The van der Waals surface area contributed by atoms with Gasteiger partial charge in [0.2, 0.25) is 0 Å². The molecule has 1 aromatic rings. The molecule has 2 atom stereocenters. The second-order valence-electron chi connectivity index (χ2n) is 7.57. The molecular formula is C19H25FN2O3. The molecular weight excluding hydrogens is 323 g/mol. The van der Waals surface area contributed by atoms with E-state index in [4.69, 9.17) is 9.47 Å². The number of amides is 1. The SMILES string of the molecule is O=C(c1ccncc1F)N1CCO[C@]2(CCC[C@@H]2COCC2CC2)C1. The van der Waals surface area contributed by atoms with Crippen LogP contribution in [0.1, 0.15) is 42.5 Å². The van der Waals surface area contributed by atoms with E-state index in [0.717, 1.165) is 38.0 Å². The van der Waals surface area contributed by atoms with Crippen LogP contribution in [0, 0.1) is 17.7 Å². The van der Waals surface area contributed by atoms with E-state index in [-0.39, 0.29) is 17.1 Å². The Hall–Kier alpha value is -1.53. The molecule has 2 saturated carbocycles. The molecule has 2 aliphatic carbocycles. The summed E-state index contributed by atoms with van der Waals surface area (Å²) < 4.78 is 26.0. The molecule has 0 radical (unpaired) electrons. The number of halogens is 1. The van der Waals surface area contributed by atoms with Crippen molar-refractivity contribution >= 4 is 5.91 Å². The summed E-state index contributed by atoms with van der Waals surface area (Å²) in [7, 11) is 0. The van der Waals surface area contributed by atoms with E-state index in [2.05, 4.69) is 4.98 Å². The van der Waals surface area contributed by atoms with E-state index in [1.807, 2.05) is 0 Å². The molecule has 3 fully saturated rings. The molecule has 2 heterocycles. The van der Waals surface area contributed by atoms with Crippen LogP contribution < -0.4 is 0 Å². The van der Waals surface area contributed by atoms with Gasteiger partial charge in [-0.25, -0.2) is 4.39 Å². The Bertz CT molecular complexity index is 637. The number of pyridine rings is 1. The van der Waals surface area contributed by atoms with Gasteiger partial charge in [0.1, 0.15) is 0 Å². The fraction of sp³-hybridized carbons (Fsp3) is 0.684. The lowest BCUT2D eigenvalue weighted by atomic mass is 9.89. The summed E-state index contributed by atoms with van der Waals surface area (Å²) in [5, 5.41) is 0. The van der Waals surface area contributed by atoms with Crippen molar-refractivity contribution in [2.75, 3.05) is 32.9 Å². The van der Waals surface area contributed by atoms with Crippen molar-refractivity contribution in [2.45, 2.75) is 37.7 Å². The molecule has 0 aromatic carbocycles. The molecule has 1 amide bonds. The van der Waals surface area contributed by atoms with Crippen molar-refractivity contribution in [1.29, 1.82) is 0 Å². The number of nitrogens with zero attached hydrogens (tertiary/aromatic N) is 2. The fourth-order valence-corrected chi connectivity index (χ4v) is 4.11. The van der Waals surface area contributed by atoms with Gasteiger partial charge < -0.3 is 14.4 Å². The van der Waals surface area contributed by atoms with Crippen LogP contribution in [-0.2, 0) is 9.47 Å². The quantitative estimate of drug-likeness (QED) is 0.821. The molecule has 5 nitrogen and oxygen atoms in total. The first-order valence-corrected chi connectivity index (χ1v) is 9.28. The van der Waals surface area contributed by atoms with E-state index in [1.165, 1.54) is 25.1 Å². The van der Waals surface area contributed by atoms with E-state index in [1.54, 1.807) is 4.90 Å². The van der Waals surface area contributed by atoms with Crippen LogP contribution >= 0.6 is 0 Å². The minimum Gasteiger partial charge on any atom is -0.381 e. The van der Waals surface area contributed by atoms with Crippen molar-refractivity contribution in [3.8, 4) is 0 Å². The predicted octanol–water partition coefficient (Wildman–Crippen LogP) is 2.66. The lowest BCUT2D eigenvalue weighted by Crippen LogP contribution is -2.56. The second kappa shape index (κ2) is 7.00. The third-order valence-corrected chi connectivity index (χ3v) is 5.77. The Kier molecular flexibility index (Phi) is 4.73. The maximum Gasteiger partial charge on any atom is 0.257 e. The van der Waals surface area contributed by atoms with Gasteiger partial charge in [0.05, 0.1) is 37.1 Å². The lowest BCUT2D eigenvalue weighted by Gasteiger charge is -2.44. The van der Waals surface area contributed by atoms with Crippen molar-refractivity contribution < 1.29 is 18.7 Å². The Balaban J connectivity index is 1.43. The molecule has 136 valence electrons. The number of aromatic nitrogens is 1. The number of carbonyl (C=O) groups is 1. The monoisotopic (exact) mass is 348 g/mol. The Labute approximate surface area is 147 Å². The summed E-state index contributed by atoms with van der Waals surface area (Å²) in [6.45, 7) is 3.06. The van der Waals surface area contributed by atoms with E-state index in [0.29, 0.717) is 32.2 Å². The highest BCUT2D eigenvalue weighted by Crippen LogP contribution is 2.42. The summed E-state index contributed by atoms with van der Waals surface area (Å²) in [6.07, 6.45) is 8.20. The van der Waals surface area contributed by atoms with Crippen LogP contribution in [-0.4, -0.2) is 54.3 Å². The van der Waals surface area contributed by atoms with Gasteiger partial charge in [-0.05, 0) is 37.7 Å². The van der Waals surface area contributed by atoms with Gasteiger partial charge in [-0.1, -0.05) is 6.42 Å². The first-order chi connectivity index (χ1) is 12.2. The maximum atomic E-state index is 13.9. The number of morpholine rings is 1. The highest BCUT2D eigenvalue weighted by atomic mass is 19.1. The number of ether oxygens (including phenoxy) is 2. The highest BCUT2D eigenvalue weighted by Gasteiger charge is 2.48. The predicted molar refractivity (Wildman–Crippen MR) is 89.7 cm³/mol. The molecule has 0 N–H and O–H groups in total. The first-order valence-electron chi connectivity index (χ1n) is 9.28. The molecule has 3 aliphatic rings. The van der Waals surface area contributed by atoms with Crippen molar-refractivity contribution in [1.82, 2.24) is 9.88 Å². The van der Waals surface area contributed by atoms with Gasteiger partial charge in [-0.3, -0.25) is 9.78 Å². The van der Waals surface area contributed by atoms with Crippen LogP contribution in [0.4, 0.5) is 4.39 Å². The summed E-state index contributed by atoms with van der Waals surface area (Å²) in [4.78, 5) is 18.2. The van der Waals surface area contributed by atoms with E-state index >= 15 is 0 Å². The largest absolute Gasteiger partial charge is 0.381 e. The number of hydrogen-bond acceptors (Lipinski definition) is 4. The van der Waals surface area contributed by atoms with Gasteiger partial charge in [-0.2, -0.15) is 0 Å². The first kappa shape index (κ1) is 16.9. The zero-order valence-corrected chi connectivity index (χ0v) is 14.5. The zero-order chi connectivity index (χ0) is 17.3. The molecule has 1 saturated heterocycles. The summed E-state index contributed by atoms with van der Waals surface area (Å²) in [5.74, 6) is 0.220. The molecule has 1 aliphatic heterocycles. The van der Waals surface area contributed by atoms with Crippen LogP contribution in [0.5, 0.6) is 0 Å². The summed E-state index contributed by atoms with van der Waals surface area (Å²) in [6, 6.07) is 1.45. The average molecular weight is 348 g/mol. The van der Waals surface area contributed by atoms with Crippen LogP contribution in [0.3, 0.4) is 0 Å². The van der Waals surface area contributed by atoms with Gasteiger partial charge in [0.25, 0.3) is 5.91 Å².